The van der Waals surface area contributed by atoms with Crippen LogP contribution < -0.4 is 10.1 Å². The number of aryl methyl sites for hydroxylation is 1. The molecular weight excluding hydrogens is 364 g/mol. The highest BCUT2D eigenvalue weighted by molar-refractivity contribution is 7.89. The molecule has 6 nitrogen and oxygen atoms in total. The summed E-state index contributed by atoms with van der Waals surface area (Å²) in [5.41, 5.74) is 2.48. The third-order valence-electron chi connectivity index (χ3n) is 4.75. The predicted octanol–water partition coefficient (Wildman–Crippen LogP) is 3.49. The number of nitrogens with zero attached hydrogens (tertiary/aromatic N) is 1. The first-order valence-electron chi connectivity index (χ1n) is 8.87. The molecule has 1 aliphatic heterocycles. The predicted molar refractivity (Wildman–Crippen MR) is 104 cm³/mol. The first kappa shape index (κ1) is 19.4. The minimum atomic E-state index is -3.70. The Morgan fingerprint density at radius 2 is 1.89 bits per heavy atom. The standard InChI is InChI=1S/C20H24N2O4S/c1-14-6-8-16(9-7-14)19-5-4-12-22(19)27(24,25)17-10-11-20(26-3)18(13-17)21-15(2)23/h6-11,13,19H,4-5,12H2,1-3H3,(H,21,23)/t19-/m1/s1. The average molecular weight is 388 g/mol. The van der Waals surface area contributed by atoms with Gasteiger partial charge in [-0.3, -0.25) is 4.79 Å². The Morgan fingerprint density at radius 1 is 1.19 bits per heavy atom. The minimum absolute atomic E-state index is 0.145. The molecule has 7 heteroatoms. The van der Waals surface area contributed by atoms with Gasteiger partial charge in [0.2, 0.25) is 15.9 Å². The molecule has 144 valence electrons. The molecule has 3 rings (SSSR count). The Kier molecular flexibility index (Phi) is 5.53. The smallest absolute Gasteiger partial charge is 0.243 e. The van der Waals surface area contributed by atoms with Crippen molar-refractivity contribution in [3.05, 3.63) is 53.6 Å². The van der Waals surface area contributed by atoms with Gasteiger partial charge in [-0.05, 0) is 43.5 Å². The molecule has 1 N–H and O–H groups in total. The third kappa shape index (κ3) is 3.99. The number of ether oxygens (including phenoxy) is 1. The van der Waals surface area contributed by atoms with Gasteiger partial charge in [0, 0.05) is 13.5 Å². The van der Waals surface area contributed by atoms with Crippen molar-refractivity contribution in [3.8, 4) is 5.75 Å². The lowest BCUT2D eigenvalue weighted by Crippen LogP contribution is -2.30. The summed E-state index contributed by atoms with van der Waals surface area (Å²) in [5, 5.41) is 2.63. The number of nitrogens with one attached hydrogen (secondary N) is 1. The zero-order valence-electron chi connectivity index (χ0n) is 15.7. The molecule has 1 heterocycles. The van der Waals surface area contributed by atoms with E-state index < -0.39 is 10.0 Å². The van der Waals surface area contributed by atoms with Crippen LogP contribution in [0.2, 0.25) is 0 Å². The fourth-order valence-corrected chi connectivity index (χ4v) is 5.13. The van der Waals surface area contributed by atoms with Crippen molar-refractivity contribution in [1.82, 2.24) is 4.31 Å². The van der Waals surface area contributed by atoms with E-state index in [9.17, 15) is 13.2 Å². The van der Waals surface area contributed by atoms with Crippen LogP contribution in [0.1, 0.15) is 36.9 Å². The van der Waals surface area contributed by atoms with Gasteiger partial charge in [-0.15, -0.1) is 0 Å². The number of methoxy groups -OCH3 is 1. The van der Waals surface area contributed by atoms with Gasteiger partial charge >= 0.3 is 0 Å². The molecule has 1 atom stereocenters. The Morgan fingerprint density at radius 3 is 2.52 bits per heavy atom. The van der Waals surface area contributed by atoms with Crippen LogP contribution in [0.4, 0.5) is 5.69 Å². The number of amides is 1. The monoisotopic (exact) mass is 388 g/mol. The van der Waals surface area contributed by atoms with Gasteiger partial charge in [0.15, 0.2) is 0 Å². The van der Waals surface area contributed by atoms with Crippen molar-refractivity contribution < 1.29 is 17.9 Å². The highest BCUT2D eigenvalue weighted by Gasteiger charge is 2.36. The first-order chi connectivity index (χ1) is 12.8. The molecule has 0 radical (unpaired) electrons. The molecule has 27 heavy (non-hydrogen) atoms. The summed E-state index contributed by atoms with van der Waals surface area (Å²) in [6.45, 7) is 3.85. The highest BCUT2D eigenvalue weighted by atomic mass is 32.2. The Bertz CT molecular complexity index is 939. The molecule has 0 unspecified atom stereocenters. The Hall–Kier alpha value is -2.38. The van der Waals surface area contributed by atoms with E-state index >= 15 is 0 Å². The quantitative estimate of drug-likeness (QED) is 0.851. The molecule has 1 aliphatic rings. The summed E-state index contributed by atoms with van der Waals surface area (Å²) in [7, 11) is -2.23. The maximum atomic E-state index is 13.3. The topological polar surface area (TPSA) is 75.7 Å². The number of anilines is 1. The molecule has 0 saturated carbocycles. The van der Waals surface area contributed by atoms with E-state index in [0.29, 0.717) is 18.0 Å². The van der Waals surface area contributed by atoms with Crippen LogP contribution >= 0.6 is 0 Å². The molecular formula is C20H24N2O4S. The number of sulfonamides is 1. The zero-order chi connectivity index (χ0) is 19.6. The summed E-state index contributed by atoms with van der Waals surface area (Å²) in [4.78, 5) is 11.6. The van der Waals surface area contributed by atoms with Crippen molar-refractivity contribution in [3.63, 3.8) is 0 Å². The van der Waals surface area contributed by atoms with Crippen molar-refractivity contribution in [2.45, 2.75) is 37.6 Å². The van der Waals surface area contributed by atoms with E-state index in [4.69, 9.17) is 4.74 Å². The van der Waals surface area contributed by atoms with Gasteiger partial charge in [-0.2, -0.15) is 4.31 Å². The fourth-order valence-electron chi connectivity index (χ4n) is 3.42. The molecule has 0 bridgehead atoms. The molecule has 1 amide bonds. The van der Waals surface area contributed by atoms with Gasteiger partial charge in [0.25, 0.3) is 0 Å². The van der Waals surface area contributed by atoms with E-state index in [0.717, 1.165) is 24.0 Å². The highest BCUT2D eigenvalue weighted by Crippen LogP contribution is 2.38. The minimum Gasteiger partial charge on any atom is -0.495 e. The van der Waals surface area contributed by atoms with E-state index in [1.165, 1.54) is 26.2 Å². The number of hydrogen-bond donors (Lipinski definition) is 1. The molecule has 2 aromatic carbocycles. The van der Waals surface area contributed by atoms with Gasteiger partial charge < -0.3 is 10.1 Å². The van der Waals surface area contributed by atoms with Gasteiger partial charge in [0.1, 0.15) is 5.75 Å². The van der Waals surface area contributed by atoms with E-state index in [1.807, 2.05) is 31.2 Å². The number of carbonyl (C=O) groups is 1. The van der Waals surface area contributed by atoms with E-state index in [1.54, 1.807) is 10.4 Å². The first-order valence-corrected chi connectivity index (χ1v) is 10.3. The number of carbonyl (C=O) groups excluding carboxylic acids is 1. The van der Waals surface area contributed by atoms with Crippen molar-refractivity contribution in [1.29, 1.82) is 0 Å². The van der Waals surface area contributed by atoms with Crippen LogP contribution in [0.3, 0.4) is 0 Å². The summed E-state index contributed by atoms with van der Waals surface area (Å²) < 4.78 is 33.4. The number of hydrogen-bond acceptors (Lipinski definition) is 4. The van der Waals surface area contributed by atoms with Crippen molar-refractivity contribution in [2.75, 3.05) is 19.0 Å². The van der Waals surface area contributed by atoms with Crippen LogP contribution in [0.25, 0.3) is 0 Å². The lowest BCUT2D eigenvalue weighted by Gasteiger charge is -2.25. The molecule has 0 aromatic heterocycles. The van der Waals surface area contributed by atoms with Crippen LogP contribution in [-0.2, 0) is 14.8 Å². The maximum Gasteiger partial charge on any atom is 0.243 e. The molecule has 1 saturated heterocycles. The summed E-state index contributed by atoms with van der Waals surface area (Å²) in [5.74, 6) is 0.127. The second-order valence-electron chi connectivity index (χ2n) is 6.73. The number of benzene rings is 2. The fraction of sp³-hybridized carbons (Fsp3) is 0.350. The normalized spacial score (nSPS) is 17.7. The van der Waals surface area contributed by atoms with Crippen LogP contribution in [-0.4, -0.2) is 32.3 Å². The lowest BCUT2D eigenvalue weighted by molar-refractivity contribution is -0.114. The molecule has 1 fully saturated rings. The zero-order valence-corrected chi connectivity index (χ0v) is 16.5. The largest absolute Gasteiger partial charge is 0.495 e. The van der Waals surface area contributed by atoms with Crippen molar-refractivity contribution >= 4 is 21.6 Å². The summed E-state index contributed by atoms with van der Waals surface area (Å²) in [6, 6.07) is 12.3. The Balaban J connectivity index is 1.97. The summed E-state index contributed by atoms with van der Waals surface area (Å²) in [6.07, 6.45) is 1.60. The summed E-state index contributed by atoms with van der Waals surface area (Å²) >= 11 is 0. The van der Waals surface area contributed by atoms with Crippen molar-refractivity contribution in [2.24, 2.45) is 0 Å². The van der Waals surface area contributed by atoms with Crippen LogP contribution in [0.5, 0.6) is 5.75 Å². The van der Waals surface area contributed by atoms with Gasteiger partial charge in [-0.25, -0.2) is 8.42 Å². The molecule has 0 spiro atoms. The molecule has 0 aliphatic carbocycles. The van der Waals surface area contributed by atoms with Crippen LogP contribution in [0, 0.1) is 6.92 Å². The SMILES string of the molecule is COc1ccc(S(=O)(=O)N2CCC[C@@H]2c2ccc(C)cc2)cc1NC(C)=O. The second-order valence-corrected chi connectivity index (χ2v) is 8.62. The van der Waals surface area contributed by atoms with Gasteiger partial charge in [-0.1, -0.05) is 29.8 Å². The lowest BCUT2D eigenvalue weighted by atomic mass is 10.0. The average Bonchev–Trinajstić information content (AvgIpc) is 3.12. The number of rotatable bonds is 5. The Labute approximate surface area is 160 Å². The third-order valence-corrected chi connectivity index (χ3v) is 6.66. The second kappa shape index (κ2) is 7.70. The van der Waals surface area contributed by atoms with Gasteiger partial charge in [0.05, 0.1) is 23.7 Å². The maximum absolute atomic E-state index is 13.3. The molecule has 2 aromatic rings. The van der Waals surface area contributed by atoms with E-state index in [2.05, 4.69) is 5.32 Å². The van der Waals surface area contributed by atoms with Crippen LogP contribution in [0.15, 0.2) is 47.4 Å². The van der Waals surface area contributed by atoms with E-state index in [-0.39, 0.29) is 16.8 Å².